The van der Waals surface area contributed by atoms with Crippen molar-refractivity contribution in [2.45, 2.75) is 38.5 Å². The Balaban J connectivity index is 1.82. The summed E-state index contributed by atoms with van der Waals surface area (Å²) in [5.74, 6) is -0.783. The molecule has 1 aromatic rings. The summed E-state index contributed by atoms with van der Waals surface area (Å²) in [4.78, 5) is 23.4. The zero-order valence-corrected chi connectivity index (χ0v) is 12.7. The minimum atomic E-state index is -0.474. The maximum atomic E-state index is 12.9. The highest BCUT2D eigenvalue weighted by Crippen LogP contribution is 2.27. The number of nitrogens with two attached hydrogens (primary N) is 1. The van der Waals surface area contributed by atoms with Crippen molar-refractivity contribution >= 4 is 11.8 Å². The third-order valence-corrected chi connectivity index (χ3v) is 4.29. The fraction of sp³-hybridized carbons (Fsp3) is 0.529. The van der Waals surface area contributed by atoms with Crippen molar-refractivity contribution in [2.24, 2.45) is 17.6 Å². The van der Waals surface area contributed by atoms with Crippen molar-refractivity contribution in [1.82, 2.24) is 5.32 Å². The van der Waals surface area contributed by atoms with E-state index in [9.17, 15) is 14.0 Å². The topological polar surface area (TPSA) is 72.2 Å². The molecule has 0 spiro atoms. The van der Waals surface area contributed by atoms with E-state index in [2.05, 4.69) is 5.32 Å². The van der Waals surface area contributed by atoms with Crippen LogP contribution in [0.4, 0.5) is 4.39 Å². The van der Waals surface area contributed by atoms with Crippen LogP contribution in [0, 0.1) is 17.7 Å². The molecule has 1 atom stereocenters. The molecule has 0 heterocycles. The van der Waals surface area contributed by atoms with Crippen LogP contribution in [0.15, 0.2) is 24.3 Å². The highest BCUT2D eigenvalue weighted by atomic mass is 19.1. The molecule has 120 valence electrons. The first-order valence-electron chi connectivity index (χ1n) is 7.85. The molecule has 1 saturated carbocycles. The second kappa shape index (κ2) is 7.92. The van der Waals surface area contributed by atoms with Crippen LogP contribution in [-0.4, -0.2) is 18.4 Å². The second-order valence-corrected chi connectivity index (χ2v) is 6.09. The number of rotatable bonds is 7. The molecule has 4 nitrogen and oxygen atoms in total. The van der Waals surface area contributed by atoms with E-state index in [1.807, 2.05) is 0 Å². The number of nitrogens with one attached hydrogen (secondary N) is 1. The highest BCUT2D eigenvalue weighted by Gasteiger charge is 2.21. The maximum absolute atomic E-state index is 12.9. The van der Waals surface area contributed by atoms with Gasteiger partial charge in [-0.15, -0.1) is 0 Å². The van der Waals surface area contributed by atoms with Crippen molar-refractivity contribution in [3.8, 4) is 0 Å². The summed E-state index contributed by atoms with van der Waals surface area (Å²) in [7, 11) is 0. The number of primary amides is 1. The molecule has 2 rings (SSSR count). The second-order valence-electron chi connectivity index (χ2n) is 6.09. The molecule has 1 aromatic carbocycles. The average molecular weight is 306 g/mol. The van der Waals surface area contributed by atoms with Gasteiger partial charge in [0.05, 0.1) is 5.92 Å². The Morgan fingerprint density at radius 2 is 1.86 bits per heavy atom. The number of hydrogen-bond donors (Lipinski definition) is 2. The molecule has 22 heavy (non-hydrogen) atoms. The summed E-state index contributed by atoms with van der Waals surface area (Å²) < 4.78 is 12.9. The molecule has 3 N–H and O–H groups in total. The Kier molecular flexibility index (Phi) is 5.92. The molecule has 1 fully saturated rings. The molecule has 0 unspecified atom stereocenters. The lowest BCUT2D eigenvalue weighted by molar-refractivity contribution is -0.123. The van der Waals surface area contributed by atoms with Crippen molar-refractivity contribution in [2.75, 3.05) is 6.54 Å². The fourth-order valence-corrected chi connectivity index (χ4v) is 2.96. The molecule has 0 aliphatic heterocycles. The molecule has 1 aliphatic rings. The zero-order chi connectivity index (χ0) is 15.9. The van der Waals surface area contributed by atoms with Crippen LogP contribution in [0.5, 0.6) is 0 Å². The van der Waals surface area contributed by atoms with E-state index >= 15 is 0 Å². The van der Waals surface area contributed by atoms with Crippen LogP contribution in [0.1, 0.15) is 37.7 Å². The van der Waals surface area contributed by atoms with Crippen LogP contribution in [0.3, 0.4) is 0 Å². The van der Waals surface area contributed by atoms with E-state index in [1.54, 1.807) is 12.1 Å². The molecule has 0 saturated heterocycles. The monoisotopic (exact) mass is 306 g/mol. The predicted octanol–water partition coefficient (Wildman–Crippen LogP) is 2.17. The summed E-state index contributed by atoms with van der Waals surface area (Å²) in [6, 6.07) is 5.97. The number of carbonyl (C=O) groups is 2. The van der Waals surface area contributed by atoms with E-state index in [-0.39, 0.29) is 18.3 Å². The lowest BCUT2D eigenvalue weighted by atomic mass is 9.98. The lowest BCUT2D eigenvalue weighted by Gasteiger charge is -2.15. The summed E-state index contributed by atoms with van der Waals surface area (Å²) in [6.45, 7) is 0.234. The summed E-state index contributed by atoms with van der Waals surface area (Å²) in [6.07, 6.45) is 5.56. The van der Waals surface area contributed by atoms with Gasteiger partial charge in [-0.05, 0) is 42.9 Å². The van der Waals surface area contributed by atoms with Gasteiger partial charge in [-0.25, -0.2) is 4.39 Å². The molecule has 0 bridgehead atoms. The van der Waals surface area contributed by atoms with Gasteiger partial charge in [-0.2, -0.15) is 0 Å². The number of halogens is 1. The van der Waals surface area contributed by atoms with Crippen molar-refractivity contribution < 1.29 is 14.0 Å². The molecule has 0 radical (unpaired) electrons. The Morgan fingerprint density at radius 3 is 2.45 bits per heavy atom. The van der Waals surface area contributed by atoms with Gasteiger partial charge in [-0.1, -0.05) is 25.0 Å². The largest absolute Gasteiger partial charge is 0.369 e. The summed E-state index contributed by atoms with van der Waals surface area (Å²) >= 11 is 0. The first-order chi connectivity index (χ1) is 10.5. The Morgan fingerprint density at radius 1 is 1.23 bits per heavy atom. The van der Waals surface area contributed by atoms with Gasteiger partial charge in [0.2, 0.25) is 11.8 Å². The third kappa shape index (κ3) is 5.13. The quantitative estimate of drug-likeness (QED) is 0.810. The normalized spacial score (nSPS) is 16.4. The van der Waals surface area contributed by atoms with Crippen LogP contribution in [-0.2, 0) is 16.0 Å². The van der Waals surface area contributed by atoms with Crippen LogP contribution < -0.4 is 11.1 Å². The van der Waals surface area contributed by atoms with Gasteiger partial charge < -0.3 is 11.1 Å². The third-order valence-electron chi connectivity index (χ3n) is 4.29. The van der Waals surface area contributed by atoms with E-state index in [1.165, 1.54) is 25.0 Å². The molecule has 0 aromatic heterocycles. The van der Waals surface area contributed by atoms with E-state index < -0.39 is 11.8 Å². The van der Waals surface area contributed by atoms with Gasteiger partial charge in [0.1, 0.15) is 5.82 Å². The number of carbonyl (C=O) groups excluding carboxylic acids is 2. The summed E-state index contributed by atoms with van der Waals surface area (Å²) in [5, 5.41) is 2.81. The van der Waals surface area contributed by atoms with Crippen molar-refractivity contribution in [3.05, 3.63) is 35.6 Å². The highest BCUT2D eigenvalue weighted by molar-refractivity contribution is 5.80. The predicted molar refractivity (Wildman–Crippen MR) is 82.4 cm³/mol. The Bertz CT molecular complexity index is 510. The van der Waals surface area contributed by atoms with Crippen LogP contribution in [0.25, 0.3) is 0 Å². The molecule has 2 amide bonds. The first kappa shape index (κ1) is 16.5. The average Bonchev–Trinajstić information content (AvgIpc) is 2.98. The Hall–Kier alpha value is -1.91. The van der Waals surface area contributed by atoms with Gasteiger partial charge in [0, 0.05) is 13.0 Å². The molecular weight excluding hydrogens is 283 g/mol. The van der Waals surface area contributed by atoms with Gasteiger partial charge in [0.15, 0.2) is 0 Å². The fourth-order valence-electron chi connectivity index (χ4n) is 2.96. The van der Waals surface area contributed by atoms with Gasteiger partial charge in [0.25, 0.3) is 0 Å². The molecule has 1 aliphatic carbocycles. The van der Waals surface area contributed by atoms with E-state index in [0.717, 1.165) is 18.4 Å². The standard InChI is InChI=1S/C17H23FN2O2/c18-15-7-5-13(6-8-15)9-14(17(19)22)11-20-16(21)10-12-3-1-2-4-12/h5-8,12,14H,1-4,9-11H2,(H2,19,22)(H,20,21)/t14-/m1/s1. The van der Waals surface area contributed by atoms with E-state index in [0.29, 0.717) is 18.8 Å². The number of amides is 2. The van der Waals surface area contributed by atoms with Crippen molar-refractivity contribution in [1.29, 1.82) is 0 Å². The maximum Gasteiger partial charge on any atom is 0.222 e. The molecule has 5 heteroatoms. The summed E-state index contributed by atoms with van der Waals surface area (Å²) in [5.41, 5.74) is 6.23. The van der Waals surface area contributed by atoms with Crippen molar-refractivity contribution in [3.63, 3.8) is 0 Å². The zero-order valence-electron chi connectivity index (χ0n) is 12.7. The van der Waals surface area contributed by atoms with Crippen LogP contribution in [0.2, 0.25) is 0 Å². The number of hydrogen-bond acceptors (Lipinski definition) is 2. The first-order valence-corrected chi connectivity index (χ1v) is 7.85. The van der Waals surface area contributed by atoms with Crippen LogP contribution >= 0.6 is 0 Å². The smallest absolute Gasteiger partial charge is 0.222 e. The van der Waals surface area contributed by atoms with Gasteiger partial charge in [-0.3, -0.25) is 9.59 Å². The minimum absolute atomic E-state index is 0.0164. The lowest BCUT2D eigenvalue weighted by Crippen LogP contribution is -2.37. The van der Waals surface area contributed by atoms with E-state index in [4.69, 9.17) is 5.73 Å². The Labute approximate surface area is 130 Å². The molecular formula is C17H23FN2O2. The minimum Gasteiger partial charge on any atom is -0.369 e. The van der Waals surface area contributed by atoms with Gasteiger partial charge >= 0.3 is 0 Å². The SMILES string of the molecule is NC(=O)[C@@H](CNC(=O)CC1CCCC1)Cc1ccc(F)cc1. The number of benzene rings is 1.